The first kappa shape index (κ1) is 18.5. The smallest absolute Gasteiger partial charge is 0.251 e. The highest BCUT2D eigenvalue weighted by molar-refractivity contribution is 7.98. The molecule has 2 rings (SSSR count). The largest absolute Gasteiger partial charge is 0.497 e. The number of rotatable bonds is 8. The molecule has 1 amide bonds. The van der Waals surface area contributed by atoms with Crippen LogP contribution in [0.4, 0.5) is 0 Å². The van der Waals surface area contributed by atoms with Crippen molar-refractivity contribution in [3.05, 3.63) is 58.6 Å². The second kappa shape index (κ2) is 9.45. The predicted molar refractivity (Wildman–Crippen MR) is 99.5 cm³/mol. The van der Waals surface area contributed by atoms with Crippen molar-refractivity contribution in [1.82, 2.24) is 5.32 Å². The van der Waals surface area contributed by atoms with Crippen molar-refractivity contribution in [1.29, 1.82) is 0 Å². The van der Waals surface area contributed by atoms with E-state index in [1.54, 1.807) is 44.2 Å². The quantitative estimate of drug-likeness (QED) is 0.718. The van der Waals surface area contributed by atoms with Gasteiger partial charge >= 0.3 is 0 Å². The highest BCUT2D eigenvalue weighted by Gasteiger charge is 2.09. The summed E-state index contributed by atoms with van der Waals surface area (Å²) < 4.78 is 10.3. The lowest BCUT2D eigenvalue weighted by atomic mass is 10.2. The number of carbonyl (C=O) groups excluding carboxylic acids is 1. The normalized spacial score (nSPS) is 10.3. The maximum absolute atomic E-state index is 12.2. The van der Waals surface area contributed by atoms with Gasteiger partial charge in [0.15, 0.2) is 0 Å². The van der Waals surface area contributed by atoms with Crippen LogP contribution in [0.5, 0.6) is 11.5 Å². The van der Waals surface area contributed by atoms with Crippen LogP contribution in [-0.4, -0.2) is 32.4 Å². The Hall–Kier alpha value is -1.85. The van der Waals surface area contributed by atoms with Crippen LogP contribution >= 0.6 is 23.4 Å². The number of benzene rings is 2. The lowest BCUT2D eigenvalue weighted by Gasteiger charge is -2.09. The van der Waals surface area contributed by atoms with Crippen LogP contribution in [-0.2, 0) is 5.75 Å². The van der Waals surface area contributed by atoms with Crippen molar-refractivity contribution < 1.29 is 14.3 Å². The van der Waals surface area contributed by atoms with Crippen LogP contribution in [0.25, 0.3) is 0 Å². The second-order valence-electron chi connectivity index (χ2n) is 5.00. The molecule has 0 aromatic heterocycles. The van der Waals surface area contributed by atoms with Crippen LogP contribution in [0.3, 0.4) is 0 Å². The van der Waals surface area contributed by atoms with E-state index in [4.69, 9.17) is 21.1 Å². The molecule has 24 heavy (non-hydrogen) atoms. The van der Waals surface area contributed by atoms with E-state index in [1.807, 2.05) is 24.3 Å². The van der Waals surface area contributed by atoms with Gasteiger partial charge in [-0.25, -0.2) is 0 Å². The molecule has 0 aliphatic rings. The van der Waals surface area contributed by atoms with Gasteiger partial charge in [-0.05, 0) is 23.8 Å². The van der Waals surface area contributed by atoms with Gasteiger partial charge in [-0.15, -0.1) is 0 Å². The minimum atomic E-state index is -0.148. The zero-order chi connectivity index (χ0) is 17.4. The maximum Gasteiger partial charge on any atom is 0.251 e. The van der Waals surface area contributed by atoms with E-state index in [9.17, 15) is 4.79 Å². The van der Waals surface area contributed by atoms with E-state index in [0.29, 0.717) is 23.6 Å². The van der Waals surface area contributed by atoms with Crippen molar-refractivity contribution >= 4 is 29.3 Å². The Bertz CT molecular complexity index is 671. The Kier molecular flexibility index (Phi) is 7.28. The third-order valence-corrected chi connectivity index (χ3v) is 4.74. The minimum Gasteiger partial charge on any atom is -0.497 e. The summed E-state index contributed by atoms with van der Waals surface area (Å²) in [5.41, 5.74) is 1.62. The van der Waals surface area contributed by atoms with Crippen LogP contribution in [0.15, 0.2) is 42.5 Å². The molecule has 0 aliphatic carbocycles. The van der Waals surface area contributed by atoms with Crippen molar-refractivity contribution in [3.63, 3.8) is 0 Å². The maximum atomic E-state index is 12.2. The minimum absolute atomic E-state index is 0.148. The van der Waals surface area contributed by atoms with E-state index in [2.05, 4.69) is 5.32 Å². The fraction of sp³-hybridized carbons (Fsp3) is 0.278. The Balaban J connectivity index is 1.80. The summed E-state index contributed by atoms with van der Waals surface area (Å²) in [5.74, 6) is 2.66. The topological polar surface area (TPSA) is 47.6 Å². The van der Waals surface area contributed by atoms with Gasteiger partial charge in [0.25, 0.3) is 5.91 Å². The molecule has 6 heteroatoms. The van der Waals surface area contributed by atoms with Crippen LogP contribution in [0.2, 0.25) is 5.02 Å². The molecule has 0 fully saturated rings. The van der Waals surface area contributed by atoms with Gasteiger partial charge in [-0.1, -0.05) is 29.8 Å². The number of hydrogen-bond acceptors (Lipinski definition) is 4. The number of ether oxygens (including phenoxy) is 2. The summed E-state index contributed by atoms with van der Waals surface area (Å²) in [6, 6.07) is 12.9. The number of nitrogens with one attached hydrogen (secondary N) is 1. The zero-order valence-electron chi connectivity index (χ0n) is 13.7. The number of hydrogen-bond donors (Lipinski definition) is 1. The van der Waals surface area contributed by atoms with Gasteiger partial charge in [0.1, 0.15) is 11.5 Å². The van der Waals surface area contributed by atoms with E-state index in [0.717, 1.165) is 22.1 Å². The molecule has 0 saturated carbocycles. The second-order valence-corrected chi connectivity index (χ2v) is 6.51. The van der Waals surface area contributed by atoms with Gasteiger partial charge in [0.2, 0.25) is 0 Å². The molecule has 1 N–H and O–H groups in total. The third-order valence-electron chi connectivity index (χ3n) is 3.36. The molecule has 0 radical (unpaired) electrons. The molecule has 4 nitrogen and oxygen atoms in total. The van der Waals surface area contributed by atoms with E-state index in [1.165, 1.54) is 0 Å². The summed E-state index contributed by atoms with van der Waals surface area (Å²) in [6.45, 7) is 0.577. The van der Waals surface area contributed by atoms with Crippen molar-refractivity contribution in [2.75, 3.05) is 26.5 Å². The molecular formula is C18H20ClNO3S. The van der Waals surface area contributed by atoms with E-state index < -0.39 is 0 Å². The van der Waals surface area contributed by atoms with Crippen molar-refractivity contribution in [2.24, 2.45) is 0 Å². The van der Waals surface area contributed by atoms with Crippen molar-refractivity contribution in [2.45, 2.75) is 5.75 Å². The van der Waals surface area contributed by atoms with Gasteiger partial charge in [0, 0.05) is 34.7 Å². The first-order valence-electron chi connectivity index (χ1n) is 7.46. The molecule has 0 saturated heterocycles. The standard InChI is InChI=1S/C18H20ClNO3S/c1-22-15-9-14(10-16(11-15)23-2)18(21)20-7-8-24-12-13-5-3-4-6-17(13)19/h3-6,9-11H,7-8,12H2,1-2H3,(H,20,21). The van der Waals surface area contributed by atoms with Crippen LogP contribution < -0.4 is 14.8 Å². The third kappa shape index (κ3) is 5.35. The summed E-state index contributed by atoms with van der Waals surface area (Å²) >= 11 is 7.84. The molecule has 0 unspecified atom stereocenters. The molecule has 0 heterocycles. The van der Waals surface area contributed by atoms with Gasteiger partial charge in [-0.3, -0.25) is 4.79 Å². The molecule has 0 bridgehead atoms. The molecule has 0 atom stereocenters. The van der Waals surface area contributed by atoms with Crippen molar-refractivity contribution in [3.8, 4) is 11.5 Å². The highest BCUT2D eigenvalue weighted by Crippen LogP contribution is 2.23. The number of halogens is 1. The lowest BCUT2D eigenvalue weighted by Crippen LogP contribution is -2.25. The van der Waals surface area contributed by atoms with Gasteiger partial charge < -0.3 is 14.8 Å². The Morgan fingerprint density at radius 2 is 1.79 bits per heavy atom. The Labute approximate surface area is 151 Å². The first-order valence-corrected chi connectivity index (χ1v) is 8.99. The molecule has 128 valence electrons. The number of amides is 1. The number of carbonyl (C=O) groups is 1. The van der Waals surface area contributed by atoms with Crippen LogP contribution in [0, 0.1) is 0 Å². The van der Waals surface area contributed by atoms with Gasteiger partial charge in [-0.2, -0.15) is 11.8 Å². The number of thioether (sulfide) groups is 1. The summed E-state index contributed by atoms with van der Waals surface area (Å²) in [6.07, 6.45) is 0. The summed E-state index contributed by atoms with van der Waals surface area (Å²) in [4.78, 5) is 12.2. The monoisotopic (exact) mass is 365 g/mol. The van der Waals surface area contributed by atoms with Gasteiger partial charge in [0.05, 0.1) is 14.2 Å². The SMILES string of the molecule is COc1cc(OC)cc(C(=O)NCCSCc2ccccc2Cl)c1. The highest BCUT2D eigenvalue weighted by atomic mass is 35.5. The van der Waals surface area contributed by atoms with E-state index >= 15 is 0 Å². The fourth-order valence-corrected chi connectivity index (χ4v) is 3.22. The predicted octanol–water partition coefficient (Wildman–Crippen LogP) is 4.02. The summed E-state index contributed by atoms with van der Waals surface area (Å²) in [7, 11) is 3.11. The zero-order valence-corrected chi connectivity index (χ0v) is 15.2. The van der Waals surface area contributed by atoms with Crippen LogP contribution in [0.1, 0.15) is 15.9 Å². The average Bonchev–Trinajstić information content (AvgIpc) is 2.62. The Morgan fingerprint density at radius 1 is 1.12 bits per heavy atom. The molecule has 2 aromatic carbocycles. The average molecular weight is 366 g/mol. The molecule has 0 aliphatic heterocycles. The first-order chi connectivity index (χ1) is 11.6. The fourth-order valence-electron chi connectivity index (χ4n) is 2.07. The molecule has 2 aromatic rings. The number of methoxy groups -OCH3 is 2. The molecule has 0 spiro atoms. The summed E-state index contributed by atoms with van der Waals surface area (Å²) in [5, 5.41) is 3.67. The van der Waals surface area contributed by atoms with E-state index in [-0.39, 0.29) is 5.91 Å². The Morgan fingerprint density at radius 3 is 2.42 bits per heavy atom. The lowest BCUT2D eigenvalue weighted by molar-refractivity contribution is 0.0955. The molecular weight excluding hydrogens is 346 g/mol.